The molecule has 3 fully saturated rings. The van der Waals surface area contributed by atoms with Crippen LogP contribution in [-0.2, 0) is 6.54 Å². The molecule has 0 aliphatic heterocycles. The van der Waals surface area contributed by atoms with Crippen molar-refractivity contribution in [1.82, 2.24) is 10.2 Å². The lowest BCUT2D eigenvalue weighted by Gasteiger charge is -2.23. The molecule has 0 unspecified atom stereocenters. The van der Waals surface area contributed by atoms with Gasteiger partial charge in [-0.3, -0.25) is 19.7 Å². The van der Waals surface area contributed by atoms with Crippen LogP contribution in [0.1, 0.15) is 64.8 Å². The molecule has 0 heterocycles. The smallest absolute Gasteiger partial charge is 0.293 e. The van der Waals surface area contributed by atoms with E-state index < -0.39 is 4.92 Å². The topological polar surface area (TPSA) is 105 Å². The average molecular weight is 434 g/mol. The zero-order valence-corrected chi connectivity index (χ0v) is 17.8. The van der Waals surface area contributed by atoms with E-state index in [2.05, 4.69) is 10.6 Å². The third-order valence-corrected chi connectivity index (χ3v) is 6.11. The van der Waals surface area contributed by atoms with Gasteiger partial charge >= 0.3 is 0 Å². The minimum Gasteiger partial charge on any atom is -0.377 e. The number of carbonyl (C=O) groups is 2. The van der Waals surface area contributed by atoms with Crippen LogP contribution in [0.4, 0.5) is 11.4 Å². The number of nitro benzene ring substituents is 1. The summed E-state index contributed by atoms with van der Waals surface area (Å²) in [5.41, 5.74) is 2.26. The van der Waals surface area contributed by atoms with E-state index in [4.69, 9.17) is 0 Å². The van der Waals surface area contributed by atoms with Gasteiger partial charge in [0.25, 0.3) is 17.5 Å². The highest BCUT2D eigenvalue weighted by Crippen LogP contribution is 2.34. The monoisotopic (exact) mass is 434 g/mol. The van der Waals surface area contributed by atoms with Crippen molar-refractivity contribution >= 4 is 23.2 Å². The highest BCUT2D eigenvalue weighted by atomic mass is 16.6. The van der Waals surface area contributed by atoms with Gasteiger partial charge in [-0.05, 0) is 68.4 Å². The fraction of sp³-hybridized carbons (Fsp3) is 0.417. The number of carbonyl (C=O) groups excluding carboxylic acids is 2. The Morgan fingerprint density at radius 1 is 0.938 bits per heavy atom. The number of hydrogen-bond donors (Lipinski definition) is 2. The van der Waals surface area contributed by atoms with Gasteiger partial charge < -0.3 is 15.5 Å². The Kier molecular flexibility index (Phi) is 5.28. The van der Waals surface area contributed by atoms with Crippen molar-refractivity contribution in [2.24, 2.45) is 0 Å². The molecule has 0 bridgehead atoms. The first-order valence-corrected chi connectivity index (χ1v) is 11.2. The number of hydrogen-bond acceptors (Lipinski definition) is 5. The molecule has 166 valence electrons. The molecule has 32 heavy (non-hydrogen) atoms. The summed E-state index contributed by atoms with van der Waals surface area (Å²) in [5, 5.41) is 17.7. The lowest BCUT2D eigenvalue weighted by atomic mass is 10.1. The van der Waals surface area contributed by atoms with Gasteiger partial charge in [-0.25, -0.2) is 0 Å². The van der Waals surface area contributed by atoms with Gasteiger partial charge in [0.15, 0.2) is 0 Å². The number of nitrogens with one attached hydrogen (secondary N) is 2. The molecule has 0 atom stereocenters. The van der Waals surface area contributed by atoms with E-state index in [1.54, 1.807) is 29.2 Å². The second-order valence-corrected chi connectivity index (χ2v) is 9.02. The number of anilines is 1. The van der Waals surface area contributed by atoms with Crippen molar-refractivity contribution in [3.05, 3.63) is 69.3 Å². The summed E-state index contributed by atoms with van der Waals surface area (Å²) in [7, 11) is 0. The molecular weight excluding hydrogens is 408 g/mol. The first-order valence-electron chi connectivity index (χ1n) is 11.2. The lowest BCUT2D eigenvalue weighted by molar-refractivity contribution is -0.384. The van der Waals surface area contributed by atoms with Gasteiger partial charge in [0.05, 0.1) is 4.92 Å². The quantitative estimate of drug-likeness (QED) is 0.461. The Hall–Kier alpha value is -3.42. The maximum absolute atomic E-state index is 13.3. The minimum atomic E-state index is -0.436. The predicted octanol–water partition coefficient (Wildman–Crippen LogP) is 3.87. The molecule has 2 aromatic rings. The van der Waals surface area contributed by atoms with Crippen LogP contribution in [0.2, 0.25) is 0 Å². The molecule has 3 aliphatic carbocycles. The van der Waals surface area contributed by atoms with Gasteiger partial charge in [-0.15, -0.1) is 0 Å². The second-order valence-electron chi connectivity index (χ2n) is 9.02. The van der Waals surface area contributed by atoms with E-state index in [1.807, 2.05) is 12.1 Å². The molecule has 2 amide bonds. The van der Waals surface area contributed by atoms with E-state index in [0.29, 0.717) is 29.4 Å². The molecule has 8 heteroatoms. The fourth-order valence-electron chi connectivity index (χ4n) is 3.76. The third kappa shape index (κ3) is 4.74. The van der Waals surface area contributed by atoms with Crippen LogP contribution in [-0.4, -0.2) is 39.8 Å². The highest BCUT2D eigenvalue weighted by molar-refractivity contribution is 5.96. The molecule has 3 aliphatic rings. The summed E-state index contributed by atoms with van der Waals surface area (Å²) in [4.78, 5) is 38.4. The molecule has 2 N–H and O–H groups in total. The van der Waals surface area contributed by atoms with Gasteiger partial charge in [-0.2, -0.15) is 0 Å². The van der Waals surface area contributed by atoms with Crippen molar-refractivity contribution in [3.63, 3.8) is 0 Å². The summed E-state index contributed by atoms with van der Waals surface area (Å²) in [5.74, 6) is -0.273. The Labute approximate surface area is 186 Å². The summed E-state index contributed by atoms with van der Waals surface area (Å²) in [6.45, 7) is 0.407. The van der Waals surface area contributed by atoms with E-state index in [0.717, 1.165) is 44.1 Å². The Morgan fingerprint density at radius 3 is 2.19 bits per heavy atom. The molecule has 5 rings (SSSR count). The molecule has 0 radical (unpaired) electrons. The van der Waals surface area contributed by atoms with Crippen molar-refractivity contribution in [2.45, 2.75) is 63.2 Å². The van der Waals surface area contributed by atoms with Crippen molar-refractivity contribution < 1.29 is 14.5 Å². The minimum absolute atomic E-state index is 0.0653. The van der Waals surface area contributed by atoms with Gasteiger partial charge in [0.2, 0.25) is 0 Å². The molecule has 2 aromatic carbocycles. The van der Waals surface area contributed by atoms with Crippen LogP contribution in [0.5, 0.6) is 0 Å². The van der Waals surface area contributed by atoms with Gasteiger partial charge in [0.1, 0.15) is 5.69 Å². The largest absolute Gasteiger partial charge is 0.377 e. The van der Waals surface area contributed by atoms with Crippen LogP contribution < -0.4 is 10.6 Å². The lowest BCUT2D eigenvalue weighted by Crippen LogP contribution is -2.32. The van der Waals surface area contributed by atoms with E-state index >= 15 is 0 Å². The van der Waals surface area contributed by atoms with Crippen molar-refractivity contribution in [1.29, 1.82) is 0 Å². The first kappa shape index (κ1) is 20.5. The number of rotatable bonds is 9. The number of nitrogens with zero attached hydrogens (tertiary/aromatic N) is 2. The molecule has 0 aromatic heterocycles. The normalized spacial score (nSPS) is 17.5. The Morgan fingerprint density at radius 2 is 1.59 bits per heavy atom. The first-order chi connectivity index (χ1) is 15.5. The fourth-order valence-corrected chi connectivity index (χ4v) is 3.76. The molecule has 0 saturated heterocycles. The van der Waals surface area contributed by atoms with Crippen LogP contribution in [0, 0.1) is 10.1 Å². The number of nitro groups is 1. The number of amides is 2. The summed E-state index contributed by atoms with van der Waals surface area (Å²) >= 11 is 0. The average Bonchev–Trinajstić information content (AvgIpc) is 3.60. The van der Waals surface area contributed by atoms with Gasteiger partial charge in [-0.1, -0.05) is 12.1 Å². The standard InChI is InChI=1S/C24H26N4O4/c29-23(26-19-8-9-19)16-3-1-15(2-4-16)14-27(20-10-11-20)24(30)17-5-12-21(25-18-6-7-18)22(13-17)28(31)32/h1-5,12-13,18-20,25H,6-11,14H2,(H,26,29). The Bertz CT molecular complexity index is 1060. The zero-order chi connectivity index (χ0) is 22.2. The summed E-state index contributed by atoms with van der Waals surface area (Å²) < 4.78 is 0. The molecule has 8 nitrogen and oxygen atoms in total. The molecule has 3 saturated carbocycles. The van der Waals surface area contributed by atoms with E-state index in [-0.39, 0.29) is 29.6 Å². The molecular formula is C24H26N4O4. The zero-order valence-electron chi connectivity index (χ0n) is 17.8. The van der Waals surface area contributed by atoms with Gasteiger partial charge in [0, 0.05) is 41.9 Å². The summed E-state index contributed by atoms with van der Waals surface area (Å²) in [6.07, 6.45) is 5.95. The highest BCUT2D eigenvalue weighted by Gasteiger charge is 2.34. The number of benzene rings is 2. The van der Waals surface area contributed by atoms with Crippen LogP contribution >= 0.6 is 0 Å². The SMILES string of the molecule is O=C(NC1CC1)c1ccc(CN(C(=O)c2ccc(NC3CC3)c([N+](=O)[O-])c2)C2CC2)cc1. The Balaban J connectivity index is 1.31. The summed E-state index contributed by atoms with van der Waals surface area (Å²) in [6, 6.07) is 12.7. The van der Waals surface area contributed by atoms with Crippen molar-refractivity contribution in [3.8, 4) is 0 Å². The maximum Gasteiger partial charge on any atom is 0.293 e. The van der Waals surface area contributed by atoms with Crippen LogP contribution in [0.25, 0.3) is 0 Å². The van der Waals surface area contributed by atoms with E-state index in [9.17, 15) is 19.7 Å². The van der Waals surface area contributed by atoms with Crippen LogP contribution in [0.15, 0.2) is 42.5 Å². The van der Waals surface area contributed by atoms with E-state index in [1.165, 1.54) is 6.07 Å². The second kappa shape index (κ2) is 8.26. The molecule has 0 spiro atoms. The maximum atomic E-state index is 13.3. The van der Waals surface area contributed by atoms with Crippen LogP contribution in [0.3, 0.4) is 0 Å². The third-order valence-electron chi connectivity index (χ3n) is 6.11. The van der Waals surface area contributed by atoms with Crippen molar-refractivity contribution in [2.75, 3.05) is 5.32 Å². The predicted molar refractivity (Wildman–Crippen MR) is 120 cm³/mol.